The van der Waals surface area contributed by atoms with Gasteiger partial charge in [0.2, 0.25) is 11.7 Å². The van der Waals surface area contributed by atoms with Crippen LogP contribution >= 0.6 is 0 Å². The van der Waals surface area contributed by atoms with E-state index in [0.717, 1.165) is 0 Å². The Morgan fingerprint density at radius 1 is 1.56 bits per heavy atom. The smallest absolute Gasteiger partial charge is 0.216 e. The lowest BCUT2D eigenvalue weighted by Crippen LogP contribution is -1.94. The van der Waals surface area contributed by atoms with Crippen molar-refractivity contribution in [2.75, 3.05) is 12.4 Å². The van der Waals surface area contributed by atoms with Gasteiger partial charge in [0.05, 0.1) is 19.0 Å². The largest absolute Gasteiger partial charge is 0.481 e. The Balaban J connectivity index is 2.11. The normalized spacial score (nSPS) is 10.8. The number of aromatic nitrogens is 5. The Morgan fingerprint density at radius 2 is 2.44 bits per heavy atom. The highest BCUT2D eigenvalue weighted by Gasteiger charge is 2.05. The van der Waals surface area contributed by atoms with Crippen LogP contribution in [0.25, 0.3) is 5.57 Å². The number of nitrogens with one attached hydrogen (secondary N) is 2. The van der Waals surface area contributed by atoms with Gasteiger partial charge in [-0.05, 0) is 11.3 Å². The number of aromatic amines is 1. The van der Waals surface area contributed by atoms with Crippen LogP contribution in [0.3, 0.4) is 0 Å². The highest BCUT2D eigenvalue weighted by Crippen LogP contribution is 2.12. The Kier molecular flexibility index (Phi) is 3.46. The number of hydrogen-bond acceptors (Lipinski definition) is 7. The van der Waals surface area contributed by atoms with Crippen molar-refractivity contribution in [3.8, 4) is 11.9 Å². The molecule has 8 heteroatoms. The van der Waals surface area contributed by atoms with E-state index in [1.54, 1.807) is 25.4 Å². The maximum absolute atomic E-state index is 8.94. The van der Waals surface area contributed by atoms with Crippen LogP contribution in [-0.4, -0.2) is 32.7 Å². The van der Waals surface area contributed by atoms with E-state index in [1.165, 1.54) is 6.20 Å². The maximum Gasteiger partial charge on any atom is 0.216 e. The average molecular weight is 243 g/mol. The number of rotatable bonds is 4. The van der Waals surface area contributed by atoms with Gasteiger partial charge in [-0.25, -0.2) is 4.98 Å². The molecule has 0 radical (unpaired) electrons. The summed E-state index contributed by atoms with van der Waals surface area (Å²) < 4.78 is 4.94. The average Bonchev–Trinajstić information content (AvgIpc) is 2.94. The lowest BCUT2D eigenvalue weighted by molar-refractivity contribution is 0.398. The molecule has 0 atom stereocenters. The first-order valence-electron chi connectivity index (χ1n) is 4.94. The van der Waals surface area contributed by atoms with Gasteiger partial charge in [-0.15, -0.1) is 10.2 Å². The van der Waals surface area contributed by atoms with E-state index < -0.39 is 0 Å². The highest BCUT2D eigenvalue weighted by atomic mass is 16.5. The quantitative estimate of drug-likeness (QED) is 0.755. The van der Waals surface area contributed by atoms with E-state index in [-0.39, 0.29) is 11.4 Å². The van der Waals surface area contributed by atoms with Gasteiger partial charge in [-0.3, -0.25) is 0 Å². The molecule has 2 aromatic rings. The minimum Gasteiger partial charge on any atom is -0.481 e. The second-order valence-corrected chi connectivity index (χ2v) is 3.14. The second-order valence-electron chi connectivity index (χ2n) is 3.14. The molecule has 90 valence electrons. The fourth-order valence-corrected chi connectivity index (χ4v) is 1.16. The molecule has 0 aliphatic rings. The summed E-state index contributed by atoms with van der Waals surface area (Å²) in [7, 11) is 1.54. The molecule has 0 unspecified atom stereocenters. The molecule has 0 amide bonds. The van der Waals surface area contributed by atoms with Crippen LogP contribution in [0.1, 0.15) is 5.82 Å². The number of tetrazole rings is 1. The van der Waals surface area contributed by atoms with E-state index in [9.17, 15) is 0 Å². The Labute approximate surface area is 102 Å². The number of nitriles is 1. The zero-order valence-electron chi connectivity index (χ0n) is 9.45. The topological polar surface area (TPSA) is 112 Å². The predicted octanol–water partition coefficient (Wildman–Crippen LogP) is 0.580. The molecule has 2 aromatic heterocycles. The fourth-order valence-electron chi connectivity index (χ4n) is 1.16. The lowest BCUT2D eigenvalue weighted by Gasteiger charge is -2.02. The van der Waals surface area contributed by atoms with Gasteiger partial charge in [0, 0.05) is 12.3 Å². The third-order valence-electron chi connectivity index (χ3n) is 2.04. The van der Waals surface area contributed by atoms with Crippen LogP contribution in [0, 0.1) is 11.3 Å². The Bertz CT molecular complexity index is 567. The third-order valence-corrected chi connectivity index (χ3v) is 2.04. The molecule has 8 nitrogen and oxygen atoms in total. The van der Waals surface area contributed by atoms with Crippen molar-refractivity contribution < 1.29 is 4.74 Å². The molecule has 2 heterocycles. The molecule has 0 aromatic carbocycles. The van der Waals surface area contributed by atoms with Crippen LogP contribution in [0.2, 0.25) is 0 Å². The van der Waals surface area contributed by atoms with Gasteiger partial charge >= 0.3 is 0 Å². The first-order valence-corrected chi connectivity index (χ1v) is 4.94. The monoisotopic (exact) mass is 243 g/mol. The number of allylic oxidation sites excluding steroid dienone is 1. The van der Waals surface area contributed by atoms with E-state index >= 15 is 0 Å². The predicted molar refractivity (Wildman–Crippen MR) is 62.2 cm³/mol. The standard InChI is InChI=1S/C10H9N7O/c1-18-9-3-2-8(6-13-9)12-5-7(4-11)10-14-16-17-15-10/h2-3,5-6,12H,1H3,(H,14,15,16,17)/b7-5+. The number of pyridine rings is 1. The lowest BCUT2D eigenvalue weighted by atomic mass is 10.3. The molecule has 0 saturated heterocycles. The van der Waals surface area contributed by atoms with Gasteiger partial charge in [-0.2, -0.15) is 10.5 Å². The number of H-pyrrole nitrogens is 1. The molecule has 0 aliphatic heterocycles. The fraction of sp³-hybridized carbons (Fsp3) is 0.100. The minimum atomic E-state index is 0.228. The molecule has 0 fully saturated rings. The van der Waals surface area contributed by atoms with Gasteiger partial charge < -0.3 is 10.1 Å². The molecule has 0 bridgehead atoms. The van der Waals surface area contributed by atoms with E-state index in [1.807, 2.05) is 6.07 Å². The third kappa shape index (κ3) is 2.59. The number of ether oxygens (including phenoxy) is 1. The first-order chi connectivity index (χ1) is 8.83. The zero-order chi connectivity index (χ0) is 12.8. The molecule has 2 rings (SSSR count). The van der Waals surface area contributed by atoms with Crippen LogP contribution in [0.5, 0.6) is 5.88 Å². The summed E-state index contributed by atoms with van der Waals surface area (Å²) in [6, 6.07) is 5.44. The number of anilines is 1. The first kappa shape index (κ1) is 11.5. The van der Waals surface area contributed by atoms with Crippen molar-refractivity contribution in [1.29, 1.82) is 5.26 Å². The Hall–Kier alpha value is -2.95. The highest BCUT2D eigenvalue weighted by molar-refractivity contribution is 5.73. The summed E-state index contributed by atoms with van der Waals surface area (Å²) in [6.07, 6.45) is 3.06. The van der Waals surface area contributed by atoms with Crippen LogP contribution < -0.4 is 10.1 Å². The van der Waals surface area contributed by atoms with E-state index in [4.69, 9.17) is 10.00 Å². The van der Waals surface area contributed by atoms with Crippen LogP contribution in [-0.2, 0) is 0 Å². The van der Waals surface area contributed by atoms with Crippen LogP contribution in [0.4, 0.5) is 5.69 Å². The molecule has 2 N–H and O–H groups in total. The maximum atomic E-state index is 8.94. The zero-order valence-corrected chi connectivity index (χ0v) is 9.45. The van der Waals surface area contributed by atoms with Gasteiger partial charge in [0.15, 0.2) is 0 Å². The molecule has 0 saturated carbocycles. The number of methoxy groups -OCH3 is 1. The summed E-state index contributed by atoms with van der Waals surface area (Å²) in [5.74, 6) is 0.745. The summed E-state index contributed by atoms with van der Waals surface area (Å²) >= 11 is 0. The van der Waals surface area contributed by atoms with Gasteiger partial charge in [0.1, 0.15) is 11.6 Å². The SMILES string of the molecule is COc1ccc(N/C=C(\C#N)c2nn[nH]n2)cn1. The molecule has 18 heavy (non-hydrogen) atoms. The number of hydrogen-bond donors (Lipinski definition) is 2. The molecular formula is C10H9N7O. The van der Waals surface area contributed by atoms with Crippen molar-refractivity contribution in [2.45, 2.75) is 0 Å². The van der Waals surface area contributed by atoms with Crippen molar-refractivity contribution in [3.05, 3.63) is 30.4 Å². The van der Waals surface area contributed by atoms with Crippen molar-refractivity contribution >= 4 is 11.3 Å². The summed E-state index contributed by atoms with van der Waals surface area (Å²) in [5, 5.41) is 24.9. The minimum absolute atomic E-state index is 0.228. The summed E-state index contributed by atoms with van der Waals surface area (Å²) in [6.45, 7) is 0. The molecule has 0 aliphatic carbocycles. The molecular weight excluding hydrogens is 234 g/mol. The molecule has 0 spiro atoms. The summed E-state index contributed by atoms with van der Waals surface area (Å²) in [4.78, 5) is 4.02. The van der Waals surface area contributed by atoms with Crippen LogP contribution in [0.15, 0.2) is 24.5 Å². The van der Waals surface area contributed by atoms with Crippen molar-refractivity contribution in [3.63, 3.8) is 0 Å². The van der Waals surface area contributed by atoms with Crippen molar-refractivity contribution in [1.82, 2.24) is 25.6 Å². The van der Waals surface area contributed by atoms with Gasteiger partial charge in [0.25, 0.3) is 0 Å². The van der Waals surface area contributed by atoms with E-state index in [2.05, 4.69) is 30.9 Å². The summed E-state index contributed by atoms with van der Waals surface area (Å²) in [5.41, 5.74) is 0.978. The second kappa shape index (κ2) is 5.40. The van der Waals surface area contributed by atoms with E-state index in [0.29, 0.717) is 11.6 Å². The Morgan fingerprint density at radius 3 is 3.00 bits per heavy atom. The van der Waals surface area contributed by atoms with Gasteiger partial charge in [-0.1, -0.05) is 0 Å². The number of nitrogens with zero attached hydrogens (tertiary/aromatic N) is 5. The van der Waals surface area contributed by atoms with Crippen molar-refractivity contribution in [2.24, 2.45) is 0 Å².